The maximum absolute atomic E-state index is 13.4. The Morgan fingerprint density at radius 2 is 2.12 bits per heavy atom. The summed E-state index contributed by atoms with van der Waals surface area (Å²) in [6.45, 7) is 6.69. The van der Waals surface area contributed by atoms with Gasteiger partial charge in [-0.2, -0.15) is 0 Å². The fraction of sp³-hybridized carbons (Fsp3) is 0.462. The van der Waals surface area contributed by atoms with Crippen molar-refractivity contribution in [2.45, 2.75) is 32.1 Å². The molecule has 1 aromatic rings. The molecule has 0 atom stereocenters. The Kier molecular flexibility index (Phi) is 4.57. The maximum atomic E-state index is 13.4. The summed E-state index contributed by atoms with van der Waals surface area (Å²) in [5.41, 5.74) is 0.0643. The molecule has 0 aliphatic rings. The van der Waals surface area contributed by atoms with Gasteiger partial charge in [0.1, 0.15) is 5.82 Å². The summed E-state index contributed by atoms with van der Waals surface area (Å²) in [4.78, 5) is 12.4. The van der Waals surface area contributed by atoms with Gasteiger partial charge in [0.2, 0.25) is 0 Å². The fourth-order valence-corrected chi connectivity index (χ4v) is 1.43. The molecule has 1 aromatic carbocycles. The van der Waals surface area contributed by atoms with E-state index in [0.29, 0.717) is 11.4 Å². The predicted molar refractivity (Wildman–Crippen MR) is 70.1 cm³/mol. The Bertz CT molecular complexity index is 418. The standard InChI is InChI=1S/C13H18FNOS/c1-4-13(2,3)8-15-12(16)10-7-9(17)5-6-11(10)14/h5-7,17H,4,8H2,1-3H3,(H,15,16). The lowest BCUT2D eigenvalue weighted by atomic mass is 9.90. The first kappa shape index (κ1) is 14.0. The van der Waals surface area contributed by atoms with Crippen molar-refractivity contribution in [1.29, 1.82) is 0 Å². The number of thiol groups is 1. The van der Waals surface area contributed by atoms with Gasteiger partial charge in [0.15, 0.2) is 0 Å². The molecule has 0 saturated carbocycles. The number of halogens is 1. The summed E-state index contributed by atoms with van der Waals surface area (Å²) in [5.74, 6) is -0.908. The highest BCUT2D eigenvalue weighted by Gasteiger charge is 2.18. The van der Waals surface area contributed by atoms with Crippen molar-refractivity contribution in [2.24, 2.45) is 5.41 Å². The van der Waals surface area contributed by atoms with Crippen molar-refractivity contribution >= 4 is 18.5 Å². The van der Waals surface area contributed by atoms with Crippen molar-refractivity contribution in [3.8, 4) is 0 Å². The number of hydrogen-bond donors (Lipinski definition) is 2. The molecular formula is C13H18FNOS. The molecule has 0 saturated heterocycles. The van der Waals surface area contributed by atoms with Crippen LogP contribution in [0.3, 0.4) is 0 Å². The molecule has 1 N–H and O–H groups in total. The number of hydrogen-bond acceptors (Lipinski definition) is 2. The number of rotatable bonds is 4. The van der Waals surface area contributed by atoms with Crippen LogP contribution in [0.4, 0.5) is 4.39 Å². The van der Waals surface area contributed by atoms with Crippen molar-refractivity contribution in [1.82, 2.24) is 5.32 Å². The van der Waals surface area contributed by atoms with E-state index in [1.165, 1.54) is 18.2 Å². The van der Waals surface area contributed by atoms with Crippen molar-refractivity contribution in [3.05, 3.63) is 29.6 Å². The Morgan fingerprint density at radius 1 is 1.47 bits per heavy atom. The Labute approximate surface area is 107 Å². The number of carbonyl (C=O) groups is 1. The predicted octanol–water partition coefficient (Wildman–Crippen LogP) is 3.28. The van der Waals surface area contributed by atoms with Crippen LogP contribution in [0.5, 0.6) is 0 Å². The molecule has 0 heterocycles. The molecule has 1 rings (SSSR count). The Hall–Kier alpha value is -1.03. The van der Waals surface area contributed by atoms with E-state index in [9.17, 15) is 9.18 Å². The average Bonchev–Trinajstić information content (AvgIpc) is 2.29. The molecular weight excluding hydrogens is 237 g/mol. The zero-order valence-corrected chi connectivity index (χ0v) is 11.3. The van der Waals surface area contributed by atoms with Crippen LogP contribution in [0.1, 0.15) is 37.6 Å². The van der Waals surface area contributed by atoms with E-state index in [-0.39, 0.29) is 16.9 Å². The maximum Gasteiger partial charge on any atom is 0.254 e. The molecule has 0 bridgehead atoms. The Morgan fingerprint density at radius 3 is 2.71 bits per heavy atom. The molecule has 0 spiro atoms. The molecule has 4 heteroatoms. The van der Waals surface area contributed by atoms with E-state index in [1.54, 1.807) is 0 Å². The summed E-state index contributed by atoms with van der Waals surface area (Å²) < 4.78 is 13.4. The van der Waals surface area contributed by atoms with E-state index in [2.05, 4.69) is 38.7 Å². The van der Waals surface area contributed by atoms with Gasteiger partial charge < -0.3 is 5.32 Å². The van der Waals surface area contributed by atoms with E-state index in [0.717, 1.165) is 6.42 Å². The second kappa shape index (κ2) is 5.54. The van der Waals surface area contributed by atoms with E-state index >= 15 is 0 Å². The summed E-state index contributed by atoms with van der Waals surface area (Å²) in [5, 5.41) is 2.75. The lowest BCUT2D eigenvalue weighted by molar-refractivity contribution is 0.0931. The number of carbonyl (C=O) groups excluding carboxylic acids is 1. The summed E-state index contributed by atoms with van der Waals surface area (Å²) in [7, 11) is 0. The fourth-order valence-electron chi connectivity index (χ4n) is 1.23. The first-order chi connectivity index (χ1) is 7.85. The van der Waals surface area contributed by atoms with Crippen LogP contribution >= 0.6 is 12.6 Å². The van der Waals surface area contributed by atoms with Gasteiger partial charge in [-0.25, -0.2) is 4.39 Å². The first-order valence-corrected chi connectivity index (χ1v) is 6.07. The second-order valence-corrected chi connectivity index (χ2v) is 5.38. The first-order valence-electron chi connectivity index (χ1n) is 5.62. The quantitative estimate of drug-likeness (QED) is 0.794. The van der Waals surface area contributed by atoms with Crippen LogP contribution < -0.4 is 5.32 Å². The van der Waals surface area contributed by atoms with Gasteiger partial charge in [-0.3, -0.25) is 4.79 Å². The average molecular weight is 255 g/mol. The molecule has 0 aromatic heterocycles. The van der Waals surface area contributed by atoms with Gasteiger partial charge in [0.05, 0.1) is 5.56 Å². The molecule has 0 aliphatic heterocycles. The topological polar surface area (TPSA) is 29.1 Å². The van der Waals surface area contributed by atoms with E-state index in [1.807, 2.05) is 0 Å². The zero-order valence-electron chi connectivity index (χ0n) is 10.4. The highest BCUT2D eigenvalue weighted by atomic mass is 32.1. The largest absolute Gasteiger partial charge is 0.351 e. The molecule has 0 unspecified atom stereocenters. The van der Waals surface area contributed by atoms with Crippen LogP contribution in [-0.4, -0.2) is 12.5 Å². The number of nitrogens with one attached hydrogen (secondary N) is 1. The van der Waals surface area contributed by atoms with Crippen LogP contribution in [0, 0.1) is 11.2 Å². The van der Waals surface area contributed by atoms with Crippen molar-refractivity contribution in [3.63, 3.8) is 0 Å². The summed E-state index contributed by atoms with van der Waals surface area (Å²) in [6.07, 6.45) is 0.947. The minimum Gasteiger partial charge on any atom is -0.351 e. The molecule has 0 fully saturated rings. The smallest absolute Gasteiger partial charge is 0.254 e. The van der Waals surface area contributed by atoms with Gasteiger partial charge in [-0.1, -0.05) is 20.8 Å². The van der Waals surface area contributed by atoms with Gasteiger partial charge in [-0.15, -0.1) is 12.6 Å². The highest BCUT2D eigenvalue weighted by molar-refractivity contribution is 7.80. The molecule has 17 heavy (non-hydrogen) atoms. The molecule has 0 aliphatic carbocycles. The third-order valence-corrected chi connectivity index (χ3v) is 3.16. The minimum atomic E-state index is -0.519. The van der Waals surface area contributed by atoms with E-state index in [4.69, 9.17) is 0 Å². The van der Waals surface area contributed by atoms with Crippen LogP contribution in [0.15, 0.2) is 23.1 Å². The zero-order chi connectivity index (χ0) is 13.1. The number of amides is 1. The Balaban J connectivity index is 2.74. The van der Waals surface area contributed by atoms with Gasteiger partial charge >= 0.3 is 0 Å². The molecule has 94 valence electrons. The lowest BCUT2D eigenvalue weighted by Crippen LogP contribution is -2.34. The van der Waals surface area contributed by atoms with Crippen molar-refractivity contribution in [2.75, 3.05) is 6.54 Å². The van der Waals surface area contributed by atoms with Gasteiger partial charge in [-0.05, 0) is 30.0 Å². The normalized spacial score (nSPS) is 11.4. The van der Waals surface area contributed by atoms with E-state index < -0.39 is 5.82 Å². The van der Waals surface area contributed by atoms with Crippen LogP contribution in [-0.2, 0) is 0 Å². The summed E-state index contributed by atoms with van der Waals surface area (Å²) >= 11 is 4.09. The third-order valence-electron chi connectivity index (χ3n) is 2.88. The summed E-state index contributed by atoms with van der Waals surface area (Å²) in [6, 6.07) is 4.21. The highest BCUT2D eigenvalue weighted by Crippen LogP contribution is 2.18. The van der Waals surface area contributed by atoms with Crippen LogP contribution in [0.25, 0.3) is 0 Å². The molecule has 1 amide bonds. The lowest BCUT2D eigenvalue weighted by Gasteiger charge is -2.22. The minimum absolute atomic E-state index is 0.0186. The van der Waals surface area contributed by atoms with Crippen molar-refractivity contribution < 1.29 is 9.18 Å². The molecule has 0 radical (unpaired) electrons. The number of benzene rings is 1. The third kappa shape index (κ3) is 4.04. The second-order valence-electron chi connectivity index (χ2n) is 4.86. The monoisotopic (exact) mass is 255 g/mol. The van der Waals surface area contributed by atoms with Gasteiger partial charge in [0, 0.05) is 11.4 Å². The SMILES string of the molecule is CCC(C)(C)CNC(=O)c1cc(S)ccc1F. The molecule has 2 nitrogen and oxygen atoms in total. The van der Waals surface area contributed by atoms with Crippen LogP contribution in [0.2, 0.25) is 0 Å². The van der Waals surface area contributed by atoms with Gasteiger partial charge in [0.25, 0.3) is 5.91 Å².